The summed E-state index contributed by atoms with van der Waals surface area (Å²) >= 11 is 0. The summed E-state index contributed by atoms with van der Waals surface area (Å²) in [5.41, 5.74) is 0.504. The summed E-state index contributed by atoms with van der Waals surface area (Å²) in [4.78, 5) is 26.0. The lowest BCUT2D eigenvalue weighted by atomic mass is 9.97. The van der Waals surface area contributed by atoms with Gasteiger partial charge in [0, 0.05) is 7.05 Å². The summed E-state index contributed by atoms with van der Waals surface area (Å²) in [7, 11) is 1.58. The first-order valence-corrected chi connectivity index (χ1v) is 7.91. The fourth-order valence-corrected chi connectivity index (χ4v) is 2.88. The van der Waals surface area contributed by atoms with Gasteiger partial charge in [-0.3, -0.25) is 9.59 Å². The highest BCUT2D eigenvalue weighted by molar-refractivity contribution is 5.86. The number of benzene rings is 1. The molecule has 1 aromatic carbocycles. The second-order valence-corrected chi connectivity index (χ2v) is 5.97. The first-order chi connectivity index (χ1) is 12.0. The van der Waals surface area contributed by atoms with Crippen LogP contribution in [0.15, 0.2) is 40.8 Å². The predicted octanol–water partition coefficient (Wildman–Crippen LogP) is 1.94. The van der Waals surface area contributed by atoms with Crippen molar-refractivity contribution in [1.29, 1.82) is 0 Å². The van der Waals surface area contributed by atoms with E-state index < -0.39 is 18.0 Å². The Hall–Kier alpha value is -2.67. The van der Waals surface area contributed by atoms with Crippen LogP contribution in [0.4, 0.5) is 4.39 Å². The molecule has 0 radical (unpaired) electrons. The van der Waals surface area contributed by atoms with Crippen LogP contribution in [0.1, 0.15) is 23.1 Å². The molecule has 0 aliphatic carbocycles. The third kappa shape index (κ3) is 3.71. The van der Waals surface area contributed by atoms with Gasteiger partial charge in [0.2, 0.25) is 5.91 Å². The number of carbonyl (C=O) groups is 2. The largest absolute Gasteiger partial charge is 0.465 e. The van der Waals surface area contributed by atoms with E-state index in [2.05, 4.69) is 5.32 Å². The van der Waals surface area contributed by atoms with Crippen molar-refractivity contribution in [3.63, 3.8) is 0 Å². The average molecular weight is 346 g/mol. The second-order valence-electron chi connectivity index (χ2n) is 5.97. The smallest absolute Gasteiger partial charge is 0.252 e. The molecule has 0 bridgehead atoms. The fraction of sp³-hybridized carbons (Fsp3) is 0.333. The van der Waals surface area contributed by atoms with Crippen molar-refractivity contribution in [1.82, 2.24) is 10.2 Å². The molecule has 2 heterocycles. The number of hydrogen-bond donors (Lipinski definition) is 1. The van der Waals surface area contributed by atoms with E-state index in [1.807, 2.05) is 6.92 Å². The van der Waals surface area contributed by atoms with Crippen LogP contribution in [-0.2, 0) is 20.9 Å². The third-order valence-corrected chi connectivity index (χ3v) is 4.17. The zero-order valence-electron chi connectivity index (χ0n) is 14.0. The molecule has 7 heteroatoms. The van der Waals surface area contributed by atoms with Gasteiger partial charge in [-0.05, 0) is 36.8 Å². The van der Waals surface area contributed by atoms with Crippen LogP contribution in [0.5, 0.6) is 0 Å². The number of morpholine rings is 1. The topological polar surface area (TPSA) is 71.8 Å². The maximum absolute atomic E-state index is 13.6. The molecule has 2 aromatic rings. The number of rotatable bonds is 4. The summed E-state index contributed by atoms with van der Waals surface area (Å²) in [6.07, 6.45) is -0.930. The molecule has 2 atom stereocenters. The van der Waals surface area contributed by atoms with Crippen LogP contribution in [0, 0.1) is 12.7 Å². The van der Waals surface area contributed by atoms with Crippen LogP contribution in [0.2, 0.25) is 0 Å². The number of likely N-dealkylation sites (N-methyl/N-ethyl adjacent to an activating group) is 1. The molecule has 132 valence electrons. The highest BCUT2D eigenvalue weighted by Gasteiger charge is 2.40. The van der Waals surface area contributed by atoms with Crippen molar-refractivity contribution < 1.29 is 23.1 Å². The quantitative estimate of drug-likeness (QED) is 0.918. The average Bonchev–Trinajstić information content (AvgIpc) is 3.00. The van der Waals surface area contributed by atoms with E-state index in [0.717, 1.165) is 5.76 Å². The zero-order chi connectivity index (χ0) is 18.0. The minimum atomic E-state index is -0.930. The van der Waals surface area contributed by atoms with Crippen molar-refractivity contribution in [3.05, 3.63) is 59.3 Å². The Labute approximate surface area is 144 Å². The Balaban J connectivity index is 1.79. The second kappa shape index (κ2) is 7.06. The Morgan fingerprint density at radius 2 is 2.16 bits per heavy atom. The van der Waals surface area contributed by atoms with Gasteiger partial charge in [0.1, 0.15) is 23.9 Å². The van der Waals surface area contributed by atoms with E-state index >= 15 is 0 Å². The molecule has 25 heavy (non-hydrogen) atoms. The van der Waals surface area contributed by atoms with Gasteiger partial charge in [-0.25, -0.2) is 4.39 Å². The fourth-order valence-electron chi connectivity index (χ4n) is 2.88. The lowest BCUT2D eigenvalue weighted by molar-refractivity contribution is -0.162. The van der Waals surface area contributed by atoms with Crippen molar-refractivity contribution in [2.24, 2.45) is 0 Å². The molecule has 0 unspecified atom stereocenters. The van der Waals surface area contributed by atoms with Gasteiger partial charge in [-0.15, -0.1) is 0 Å². The molecular formula is C18H19FN2O4. The molecular weight excluding hydrogens is 327 g/mol. The first kappa shape index (κ1) is 17.2. The molecule has 6 nitrogen and oxygen atoms in total. The van der Waals surface area contributed by atoms with Gasteiger partial charge in [0.05, 0.1) is 12.6 Å². The Kier molecular flexibility index (Phi) is 4.85. The summed E-state index contributed by atoms with van der Waals surface area (Å²) in [6.45, 7) is 1.83. The van der Waals surface area contributed by atoms with Gasteiger partial charge in [0.15, 0.2) is 6.10 Å². The number of amides is 2. The predicted molar refractivity (Wildman–Crippen MR) is 86.9 cm³/mol. The van der Waals surface area contributed by atoms with Crippen LogP contribution >= 0.6 is 0 Å². The maximum atomic E-state index is 13.6. The molecule has 0 saturated carbocycles. The minimum absolute atomic E-state index is 0.194. The molecule has 1 aromatic heterocycles. The number of aryl methyl sites for hydroxylation is 1. The van der Waals surface area contributed by atoms with Crippen LogP contribution in [-0.4, -0.2) is 36.5 Å². The van der Waals surface area contributed by atoms with E-state index in [0.29, 0.717) is 11.3 Å². The molecule has 1 fully saturated rings. The minimum Gasteiger partial charge on any atom is -0.465 e. The SMILES string of the molecule is Cc1ccc(CNC(=O)[C@@H]2OCC(=O)N(C)[C@H]2c2cccc(F)c2)o1. The van der Waals surface area contributed by atoms with Crippen molar-refractivity contribution >= 4 is 11.8 Å². The Morgan fingerprint density at radius 1 is 1.36 bits per heavy atom. The number of nitrogens with zero attached hydrogens (tertiary/aromatic N) is 1. The molecule has 3 rings (SSSR count). The van der Waals surface area contributed by atoms with Gasteiger partial charge < -0.3 is 19.4 Å². The Morgan fingerprint density at radius 3 is 2.84 bits per heavy atom. The summed E-state index contributed by atoms with van der Waals surface area (Å²) in [6, 6.07) is 8.70. The number of carbonyl (C=O) groups excluding carboxylic acids is 2. The van der Waals surface area contributed by atoms with E-state index in [9.17, 15) is 14.0 Å². The summed E-state index contributed by atoms with van der Waals surface area (Å²) in [5, 5.41) is 2.74. The molecule has 2 amide bonds. The van der Waals surface area contributed by atoms with E-state index in [1.54, 1.807) is 25.2 Å². The van der Waals surface area contributed by atoms with Crippen LogP contribution < -0.4 is 5.32 Å². The van der Waals surface area contributed by atoms with Crippen LogP contribution in [0.25, 0.3) is 0 Å². The van der Waals surface area contributed by atoms with Gasteiger partial charge in [-0.1, -0.05) is 12.1 Å². The van der Waals surface area contributed by atoms with Crippen molar-refractivity contribution in [3.8, 4) is 0 Å². The number of ether oxygens (including phenoxy) is 1. The van der Waals surface area contributed by atoms with Crippen molar-refractivity contribution in [2.75, 3.05) is 13.7 Å². The number of halogens is 1. The first-order valence-electron chi connectivity index (χ1n) is 7.91. The zero-order valence-corrected chi connectivity index (χ0v) is 14.0. The number of nitrogens with one attached hydrogen (secondary N) is 1. The molecule has 1 aliphatic heterocycles. The Bertz CT molecular complexity index is 789. The van der Waals surface area contributed by atoms with E-state index in [4.69, 9.17) is 9.15 Å². The van der Waals surface area contributed by atoms with Crippen LogP contribution in [0.3, 0.4) is 0 Å². The lowest BCUT2D eigenvalue weighted by Crippen LogP contribution is -2.52. The standard InChI is InChI=1S/C18H19FN2O4/c1-11-6-7-14(25-11)9-20-18(23)17-16(21(2)15(22)10-24-17)12-4-3-5-13(19)8-12/h3-8,16-17H,9-10H2,1-2H3,(H,20,23)/t16-,17+/m0/s1. The highest BCUT2D eigenvalue weighted by Crippen LogP contribution is 2.29. The summed E-state index contributed by atoms with van der Waals surface area (Å²) < 4.78 is 24.5. The lowest BCUT2D eigenvalue weighted by Gasteiger charge is -2.38. The molecule has 1 N–H and O–H groups in total. The number of furan rings is 1. The summed E-state index contributed by atoms with van der Waals surface area (Å²) in [5.74, 6) is 0.284. The maximum Gasteiger partial charge on any atom is 0.252 e. The van der Waals surface area contributed by atoms with Gasteiger partial charge in [-0.2, -0.15) is 0 Å². The molecule has 1 aliphatic rings. The van der Waals surface area contributed by atoms with E-state index in [-0.39, 0.29) is 25.0 Å². The third-order valence-electron chi connectivity index (χ3n) is 4.17. The van der Waals surface area contributed by atoms with Crippen molar-refractivity contribution in [2.45, 2.75) is 25.6 Å². The monoisotopic (exact) mass is 346 g/mol. The normalized spacial score (nSPS) is 20.6. The highest BCUT2D eigenvalue weighted by atomic mass is 19.1. The van der Waals surface area contributed by atoms with Gasteiger partial charge >= 0.3 is 0 Å². The molecule has 0 spiro atoms. The molecule has 1 saturated heterocycles. The van der Waals surface area contributed by atoms with Gasteiger partial charge in [0.25, 0.3) is 5.91 Å². The van der Waals surface area contributed by atoms with E-state index in [1.165, 1.54) is 23.1 Å². The number of hydrogen-bond acceptors (Lipinski definition) is 4.